The first-order valence-electron chi connectivity index (χ1n) is 3.93. The van der Waals surface area contributed by atoms with Crippen molar-refractivity contribution in [1.82, 2.24) is 6.15 Å². The fraction of sp³-hybridized carbons (Fsp3) is 0.300. The number of rotatable bonds is 3. The number of methoxy groups -OCH3 is 1. The van der Waals surface area contributed by atoms with Crippen LogP contribution in [0, 0.1) is 0 Å². The lowest BCUT2D eigenvalue weighted by Crippen LogP contribution is -2.01. The van der Waals surface area contributed by atoms with Crippen LogP contribution in [0.25, 0.3) is 0 Å². The Kier molecular flexibility index (Phi) is 5.55. The van der Waals surface area contributed by atoms with Gasteiger partial charge < -0.3 is 10.9 Å². The Morgan fingerprint density at radius 3 is 2.46 bits per heavy atom. The monoisotopic (exact) mass is 181 g/mol. The van der Waals surface area contributed by atoms with E-state index in [0.29, 0.717) is 6.42 Å². The summed E-state index contributed by atoms with van der Waals surface area (Å²) in [6, 6.07) is 9.90. The third kappa shape index (κ3) is 4.28. The second-order valence-electron chi connectivity index (χ2n) is 2.56. The maximum atomic E-state index is 10.8. The van der Waals surface area contributed by atoms with E-state index in [2.05, 4.69) is 4.74 Å². The molecule has 0 spiro atoms. The summed E-state index contributed by atoms with van der Waals surface area (Å²) in [5.41, 5.74) is 1.17. The van der Waals surface area contributed by atoms with E-state index in [-0.39, 0.29) is 12.1 Å². The number of benzene rings is 1. The van der Waals surface area contributed by atoms with Crippen LogP contribution in [0.4, 0.5) is 0 Å². The highest BCUT2D eigenvalue weighted by molar-refractivity contribution is 5.69. The van der Waals surface area contributed by atoms with Crippen LogP contribution in [0.15, 0.2) is 30.3 Å². The summed E-state index contributed by atoms with van der Waals surface area (Å²) >= 11 is 0. The molecular weight excluding hydrogens is 166 g/mol. The highest BCUT2D eigenvalue weighted by Crippen LogP contribution is 2.02. The number of carbonyl (C=O) groups excluding carboxylic acids is 1. The number of ether oxygens (including phenoxy) is 1. The fourth-order valence-electron chi connectivity index (χ4n) is 0.993. The molecule has 3 N–H and O–H groups in total. The minimum absolute atomic E-state index is 0. The molecule has 0 saturated heterocycles. The number of carbonyl (C=O) groups is 1. The van der Waals surface area contributed by atoms with E-state index >= 15 is 0 Å². The number of esters is 1. The molecule has 0 atom stereocenters. The fourth-order valence-corrected chi connectivity index (χ4v) is 0.993. The topological polar surface area (TPSA) is 61.3 Å². The zero-order chi connectivity index (χ0) is 8.81. The van der Waals surface area contributed by atoms with Gasteiger partial charge in [0.05, 0.1) is 7.11 Å². The van der Waals surface area contributed by atoms with Crippen LogP contribution in [0.5, 0.6) is 0 Å². The largest absolute Gasteiger partial charge is 0.469 e. The minimum Gasteiger partial charge on any atom is -0.469 e. The Morgan fingerprint density at radius 2 is 1.92 bits per heavy atom. The summed E-state index contributed by atoms with van der Waals surface area (Å²) in [7, 11) is 1.41. The van der Waals surface area contributed by atoms with E-state index in [0.717, 1.165) is 6.42 Å². The van der Waals surface area contributed by atoms with Crippen molar-refractivity contribution in [3.05, 3.63) is 35.9 Å². The summed E-state index contributed by atoms with van der Waals surface area (Å²) in [6.07, 6.45) is 1.22. The SMILES string of the molecule is COC(=O)CCc1ccccc1.N. The molecule has 0 fully saturated rings. The van der Waals surface area contributed by atoms with E-state index < -0.39 is 0 Å². The van der Waals surface area contributed by atoms with Crippen molar-refractivity contribution in [2.24, 2.45) is 0 Å². The maximum Gasteiger partial charge on any atom is 0.305 e. The van der Waals surface area contributed by atoms with Crippen LogP contribution in [-0.2, 0) is 16.0 Å². The number of hydrogen-bond donors (Lipinski definition) is 1. The van der Waals surface area contributed by atoms with Gasteiger partial charge >= 0.3 is 5.97 Å². The standard InChI is InChI=1S/C10H12O2.H3N/c1-12-10(11)8-7-9-5-3-2-4-6-9;/h2-6H,7-8H2,1H3;1H3. The normalized spacial score (nSPS) is 8.69. The van der Waals surface area contributed by atoms with Gasteiger partial charge in [-0.1, -0.05) is 30.3 Å². The third-order valence-corrected chi connectivity index (χ3v) is 1.69. The van der Waals surface area contributed by atoms with Crippen molar-refractivity contribution in [1.29, 1.82) is 0 Å². The number of hydrogen-bond acceptors (Lipinski definition) is 3. The second kappa shape index (κ2) is 6.20. The van der Waals surface area contributed by atoms with Crippen molar-refractivity contribution in [2.75, 3.05) is 7.11 Å². The zero-order valence-corrected chi connectivity index (χ0v) is 7.82. The van der Waals surface area contributed by atoms with Gasteiger partial charge in [-0.05, 0) is 12.0 Å². The van der Waals surface area contributed by atoms with Gasteiger partial charge in [-0.3, -0.25) is 4.79 Å². The smallest absolute Gasteiger partial charge is 0.305 e. The first kappa shape index (κ1) is 11.6. The molecule has 0 bridgehead atoms. The molecule has 0 saturated carbocycles. The van der Waals surface area contributed by atoms with Crippen molar-refractivity contribution >= 4 is 5.97 Å². The molecule has 0 aliphatic heterocycles. The average molecular weight is 181 g/mol. The summed E-state index contributed by atoms with van der Waals surface area (Å²) in [5, 5.41) is 0. The molecular formula is C10H15NO2. The average Bonchev–Trinajstić information content (AvgIpc) is 2.16. The van der Waals surface area contributed by atoms with Gasteiger partial charge in [0.25, 0.3) is 0 Å². The van der Waals surface area contributed by atoms with Gasteiger partial charge in [0.15, 0.2) is 0 Å². The molecule has 3 heteroatoms. The molecule has 3 nitrogen and oxygen atoms in total. The minimum atomic E-state index is -0.154. The van der Waals surface area contributed by atoms with Crippen molar-refractivity contribution in [3.63, 3.8) is 0 Å². The Labute approximate surface area is 78.3 Å². The molecule has 0 aromatic heterocycles. The van der Waals surface area contributed by atoms with Crippen molar-refractivity contribution in [3.8, 4) is 0 Å². The van der Waals surface area contributed by atoms with Crippen LogP contribution < -0.4 is 6.15 Å². The highest BCUT2D eigenvalue weighted by Gasteiger charge is 1.99. The molecule has 0 amide bonds. The quantitative estimate of drug-likeness (QED) is 0.725. The Morgan fingerprint density at radius 1 is 1.31 bits per heavy atom. The van der Waals surface area contributed by atoms with E-state index in [1.807, 2.05) is 30.3 Å². The van der Waals surface area contributed by atoms with Gasteiger partial charge in [-0.15, -0.1) is 0 Å². The molecule has 0 radical (unpaired) electrons. The van der Waals surface area contributed by atoms with Crippen molar-refractivity contribution in [2.45, 2.75) is 12.8 Å². The molecule has 1 rings (SSSR count). The molecule has 0 aliphatic carbocycles. The van der Waals surface area contributed by atoms with Crippen LogP contribution >= 0.6 is 0 Å². The second-order valence-corrected chi connectivity index (χ2v) is 2.56. The van der Waals surface area contributed by atoms with E-state index in [1.54, 1.807) is 0 Å². The Hall–Kier alpha value is -1.35. The first-order chi connectivity index (χ1) is 5.83. The lowest BCUT2D eigenvalue weighted by atomic mass is 10.1. The predicted molar refractivity (Wildman–Crippen MR) is 51.8 cm³/mol. The number of aryl methyl sites for hydroxylation is 1. The highest BCUT2D eigenvalue weighted by atomic mass is 16.5. The van der Waals surface area contributed by atoms with Crippen LogP contribution in [0.3, 0.4) is 0 Å². The first-order valence-corrected chi connectivity index (χ1v) is 3.93. The van der Waals surface area contributed by atoms with Gasteiger partial charge in [0.2, 0.25) is 0 Å². The molecule has 0 unspecified atom stereocenters. The summed E-state index contributed by atoms with van der Waals surface area (Å²) in [6.45, 7) is 0. The summed E-state index contributed by atoms with van der Waals surface area (Å²) in [4.78, 5) is 10.8. The van der Waals surface area contributed by atoms with Crippen LogP contribution in [0.1, 0.15) is 12.0 Å². The van der Waals surface area contributed by atoms with Gasteiger partial charge in [-0.2, -0.15) is 0 Å². The zero-order valence-electron chi connectivity index (χ0n) is 7.82. The molecule has 1 aromatic carbocycles. The Bertz CT molecular complexity index is 246. The summed E-state index contributed by atoms with van der Waals surface area (Å²) < 4.78 is 4.53. The van der Waals surface area contributed by atoms with Gasteiger partial charge in [0, 0.05) is 6.42 Å². The molecule has 0 aliphatic rings. The third-order valence-electron chi connectivity index (χ3n) is 1.69. The molecule has 0 heterocycles. The molecule has 13 heavy (non-hydrogen) atoms. The predicted octanol–water partition coefficient (Wildman–Crippen LogP) is 1.95. The van der Waals surface area contributed by atoms with Gasteiger partial charge in [0.1, 0.15) is 0 Å². The summed E-state index contributed by atoms with van der Waals surface area (Å²) in [5.74, 6) is -0.154. The van der Waals surface area contributed by atoms with Gasteiger partial charge in [-0.25, -0.2) is 0 Å². The molecule has 72 valence electrons. The maximum absolute atomic E-state index is 10.8. The molecule has 1 aromatic rings. The van der Waals surface area contributed by atoms with E-state index in [4.69, 9.17) is 0 Å². The van der Waals surface area contributed by atoms with E-state index in [1.165, 1.54) is 12.7 Å². The van der Waals surface area contributed by atoms with Crippen LogP contribution in [0.2, 0.25) is 0 Å². The van der Waals surface area contributed by atoms with Crippen LogP contribution in [-0.4, -0.2) is 13.1 Å². The lowest BCUT2D eigenvalue weighted by molar-refractivity contribution is -0.140. The van der Waals surface area contributed by atoms with E-state index in [9.17, 15) is 4.79 Å². The van der Waals surface area contributed by atoms with Crippen molar-refractivity contribution < 1.29 is 9.53 Å². The Balaban J connectivity index is 0.00000144. The lowest BCUT2D eigenvalue weighted by Gasteiger charge is -1.98.